The Morgan fingerprint density at radius 2 is 2.11 bits per heavy atom. The van der Waals surface area contributed by atoms with Gasteiger partial charge in [0.1, 0.15) is 0 Å². The summed E-state index contributed by atoms with van der Waals surface area (Å²) in [7, 11) is 0. The summed E-state index contributed by atoms with van der Waals surface area (Å²) in [6, 6.07) is 6.14. The van der Waals surface area contributed by atoms with Crippen LogP contribution in [0.15, 0.2) is 22.7 Å². The third-order valence-electron chi connectivity index (χ3n) is 3.67. The van der Waals surface area contributed by atoms with Gasteiger partial charge >= 0.3 is 0 Å². The molecule has 0 amide bonds. The van der Waals surface area contributed by atoms with Gasteiger partial charge in [-0.25, -0.2) is 0 Å². The Hall–Kier alpha value is -0.0900. The smallest absolute Gasteiger partial charge is 0.0495 e. The molecule has 0 bridgehead atoms. The molecule has 0 unspecified atom stereocenters. The normalized spacial score (nSPS) is 17.8. The van der Waals surface area contributed by atoms with Crippen LogP contribution in [0.2, 0.25) is 5.02 Å². The minimum atomic E-state index is 0.733. The van der Waals surface area contributed by atoms with Crippen molar-refractivity contribution in [1.29, 1.82) is 0 Å². The summed E-state index contributed by atoms with van der Waals surface area (Å²) in [5.41, 5.74) is 1.22. The number of hydrogen-bond donors (Lipinski definition) is 0. The lowest BCUT2D eigenvalue weighted by atomic mass is 9.97. The molecule has 1 aliphatic heterocycles. The minimum absolute atomic E-state index is 0.733. The monoisotopic (exact) mass is 345 g/mol. The second-order valence-corrected chi connectivity index (χ2v) is 6.44. The van der Waals surface area contributed by atoms with Gasteiger partial charge in [0.15, 0.2) is 0 Å². The fourth-order valence-corrected chi connectivity index (χ4v) is 3.22. The predicted molar refractivity (Wildman–Crippen MR) is 83.6 cm³/mol. The molecule has 4 heteroatoms. The summed E-state index contributed by atoms with van der Waals surface area (Å²) < 4.78 is 6.55. The molecule has 2 nitrogen and oxygen atoms in total. The van der Waals surface area contributed by atoms with Crippen molar-refractivity contribution in [2.24, 2.45) is 5.92 Å². The highest BCUT2D eigenvalue weighted by molar-refractivity contribution is 9.10. The molecule has 0 saturated carbocycles. The molecule has 0 aromatic heterocycles. The van der Waals surface area contributed by atoms with Gasteiger partial charge in [0, 0.05) is 29.3 Å². The van der Waals surface area contributed by atoms with Crippen LogP contribution in [0, 0.1) is 5.92 Å². The Kier molecular flexibility index (Phi) is 6.14. The SMILES string of the molecule is CCOCC1CCN(Cc2ccc(Br)cc2Cl)CC1. The van der Waals surface area contributed by atoms with Gasteiger partial charge in [-0.3, -0.25) is 4.90 Å². The highest BCUT2D eigenvalue weighted by Gasteiger charge is 2.19. The molecular weight excluding hydrogens is 326 g/mol. The molecule has 0 atom stereocenters. The van der Waals surface area contributed by atoms with Crippen molar-refractivity contribution in [2.45, 2.75) is 26.3 Å². The van der Waals surface area contributed by atoms with Crippen LogP contribution in [0.1, 0.15) is 25.3 Å². The second-order valence-electron chi connectivity index (χ2n) is 5.11. The summed E-state index contributed by atoms with van der Waals surface area (Å²) in [4.78, 5) is 2.48. The average molecular weight is 347 g/mol. The Bertz CT molecular complexity index is 405. The lowest BCUT2D eigenvalue weighted by Crippen LogP contribution is -2.34. The highest BCUT2D eigenvalue weighted by Crippen LogP contribution is 2.25. The highest BCUT2D eigenvalue weighted by atomic mass is 79.9. The molecule has 0 N–H and O–H groups in total. The van der Waals surface area contributed by atoms with E-state index in [1.165, 1.54) is 18.4 Å². The summed E-state index contributed by atoms with van der Waals surface area (Å²) >= 11 is 9.71. The molecule has 2 rings (SSSR count). The van der Waals surface area contributed by atoms with Crippen molar-refractivity contribution < 1.29 is 4.74 Å². The lowest BCUT2D eigenvalue weighted by Gasteiger charge is -2.32. The third-order valence-corrected chi connectivity index (χ3v) is 4.52. The number of rotatable bonds is 5. The van der Waals surface area contributed by atoms with Crippen molar-refractivity contribution in [1.82, 2.24) is 4.90 Å². The maximum atomic E-state index is 6.27. The maximum Gasteiger partial charge on any atom is 0.0495 e. The zero-order valence-electron chi connectivity index (χ0n) is 11.4. The van der Waals surface area contributed by atoms with Crippen LogP contribution in [-0.2, 0) is 11.3 Å². The first-order chi connectivity index (χ1) is 9.19. The van der Waals surface area contributed by atoms with Gasteiger partial charge in [0.05, 0.1) is 0 Å². The Morgan fingerprint density at radius 1 is 1.37 bits per heavy atom. The lowest BCUT2D eigenvalue weighted by molar-refractivity contribution is 0.0723. The maximum absolute atomic E-state index is 6.27. The molecule has 1 saturated heterocycles. The molecular formula is C15H21BrClNO. The van der Waals surface area contributed by atoms with E-state index in [2.05, 4.69) is 39.9 Å². The van der Waals surface area contributed by atoms with E-state index >= 15 is 0 Å². The van der Waals surface area contributed by atoms with E-state index in [1.54, 1.807) is 0 Å². The largest absolute Gasteiger partial charge is 0.381 e. The number of likely N-dealkylation sites (tertiary alicyclic amines) is 1. The third kappa shape index (κ3) is 4.75. The van der Waals surface area contributed by atoms with Crippen LogP contribution < -0.4 is 0 Å². The first-order valence-electron chi connectivity index (χ1n) is 6.93. The Labute approximate surface area is 129 Å². The van der Waals surface area contributed by atoms with Gasteiger partial charge in [-0.05, 0) is 56.5 Å². The van der Waals surface area contributed by atoms with Gasteiger partial charge in [-0.2, -0.15) is 0 Å². The van der Waals surface area contributed by atoms with Crippen molar-refractivity contribution in [3.63, 3.8) is 0 Å². The van der Waals surface area contributed by atoms with Gasteiger partial charge in [-0.1, -0.05) is 33.6 Å². The number of hydrogen-bond acceptors (Lipinski definition) is 2. The minimum Gasteiger partial charge on any atom is -0.381 e. The van der Waals surface area contributed by atoms with Crippen LogP contribution in [0.5, 0.6) is 0 Å². The molecule has 0 aliphatic carbocycles. The molecule has 1 aromatic rings. The molecule has 0 spiro atoms. The topological polar surface area (TPSA) is 12.5 Å². The molecule has 106 valence electrons. The van der Waals surface area contributed by atoms with Crippen molar-refractivity contribution >= 4 is 27.5 Å². The number of benzene rings is 1. The summed E-state index contributed by atoms with van der Waals surface area (Å²) in [6.45, 7) is 7.05. The standard InChI is InChI=1S/C15H21BrClNO/c1-2-19-11-12-5-7-18(8-6-12)10-13-3-4-14(16)9-15(13)17/h3-4,9,12H,2,5-8,10-11H2,1H3. The first kappa shape index (κ1) is 15.3. The summed E-state index contributed by atoms with van der Waals surface area (Å²) in [5, 5.41) is 0.853. The molecule has 1 fully saturated rings. The van der Waals surface area contributed by atoms with Gasteiger partial charge in [-0.15, -0.1) is 0 Å². The average Bonchev–Trinajstić information content (AvgIpc) is 2.41. The van der Waals surface area contributed by atoms with E-state index in [0.717, 1.165) is 48.3 Å². The van der Waals surface area contributed by atoms with Crippen molar-refractivity contribution in [3.05, 3.63) is 33.3 Å². The van der Waals surface area contributed by atoms with E-state index in [0.29, 0.717) is 0 Å². The van der Waals surface area contributed by atoms with Crippen LogP contribution in [0.3, 0.4) is 0 Å². The zero-order valence-corrected chi connectivity index (χ0v) is 13.7. The van der Waals surface area contributed by atoms with Gasteiger partial charge in [0.2, 0.25) is 0 Å². The quantitative estimate of drug-likeness (QED) is 0.786. The number of halogens is 2. The number of nitrogens with zero attached hydrogens (tertiary/aromatic N) is 1. The summed E-state index contributed by atoms with van der Waals surface area (Å²) in [6.07, 6.45) is 2.46. The van der Waals surface area contributed by atoms with E-state index < -0.39 is 0 Å². The van der Waals surface area contributed by atoms with E-state index in [-0.39, 0.29) is 0 Å². The van der Waals surface area contributed by atoms with Gasteiger partial charge in [0.25, 0.3) is 0 Å². The fourth-order valence-electron chi connectivity index (χ4n) is 2.49. The van der Waals surface area contributed by atoms with Crippen LogP contribution in [0.25, 0.3) is 0 Å². The predicted octanol–water partition coefficient (Wildman–Crippen LogP) is 4.35. The van der Waals surface area contributed by atoms with Crippen LogP contribution in [-0.4, -0.2) is 31.2 Å². The summed E-state index contributed by atoms with van der Waals surface area (Å²) in [5.74, 6) is 0.733. The molecule has 1 aliphatic rings. The second kappa shape index (κ2) is 7.63. The van der Waals surface area contributed by atoms with Crippen LogP contribution in [0.4, 0.5) is 0 Å². The molecule has 19 heavy (non-hydrogen) atoms. The number of piperidine rings is 1. The molecule has 0 radical (unpaired) electrons. The van der Waals surface area contributed by atoms with Crippen LogP contribution >= 0.6 is 27.5 Å². The van der Waals surface area contributed by atoms with E-state index in [1.807, 2.05) is 6.07 Å². The van der Waals surface area contributed by atoms with E-state index in [4.69, 9.17) is 16.3 Å². The Morgan fingerprint density at radius 3 is 2.74 bits per heavy atom. The Balaban J connectivity index is 1.82. The molecule has 1 aromatic carbocycles. The molecule has 1 heterocycles. The zero-order chi connectivity index (χ0) is 13.7. The fraction of sp³-hybridized carbons (Fsp3) is 0.600. The number of ether oxygens (including phenoxy) is 1. The van der Waals surface area contributed by atoms with Crippen molar-refractivity contribution in [2.75, 3.05) is 26.3 Å². The van der Waals surface area contributed by atoms with Gasteiger partial charge < -0.3 is 4.74 Å². The first-order valence-corrected chi connectivity index (χ1v) is 8.10. The van der Waals surface area contributed by atoms with E-state index in [9.17, 15) is 0 Å². The van der Waals surface area contributed by atoms with Crippen molar-refractivity contribution in [3.8, 4) is 0 Å².